The van der Waals surface area contributed by atoms with Gasteiger partial charge in [0.25, 0.3) is 11.1 Å². The molecule has 98 valence electrons. The molecule has 0 bridgehead atoms. The molecule has 0 aromatic carbocycles. The molecule has 0 spiro atoms. The lowest BCUT2D eigenvalue weighted by Crippen LogP contribution is -1.98. The maximum absolute atomic E-state index is 5.55. The third-order valence-corrected chi connectivity index (χ3v) is 3.87. The van der Waals surface area contributed by atoms with Gasteiger partial charge in [-0.2, -0.15) is 0 Å². The zero-order valence-electron chi connectivity index (χ0n) is 10.3. The van der Waals surface area contributed by atoms with Crippen molar-refractivity contribution in [3.8, 4) is 10.8 Å². The molecule has 2 aromatic heterocycles. The lowest BCUT2D eigenvalue weighted by Gasteiger charge is -2.00. The van der Waals surface area contributed by atoms with Crippen LogP contribution in [-0.4, -0.2) is 29.2 Å². The molecule has 18 heavy (non-hydrogen) atoms. The fraction of sp³-hybridized carbons (Fsp3) is 0.500. The number of ether oxygens (including phenoxy) is 1. The van der Waals surface area contributed by atoms with Gasteiger partial charge in [-0.1, -0.05) is 31.2 Å². The minimum atomic E-state index is 0.597. The molecule has 0 atom stereocenters. The van der Waals surface area contributed by atoms with Crippen LogP contribution in [-0.2, 0) is 4.74 Å². The van der Waals surface area contributed by atoms with Crippen molar-refractivity contribution in [1.29, 1.82) is 0 Å². The van der Waals surface area contributed by atoms with E-state index in [0.29, 0.717) is 11.1 Å². The number of thiophene rings is 1. The zero-order chi connectivity index (χ0) is 12.6. The normalized spacial score (nSPS) is 10.9. The summed E-state index contributed by atoms with van der Waals surface area (Å²) in [5, 5.41) is 10.6. The maximum Gasteiger partial charge on any atom is 0.276 e. The van der Waals surface area contributed by atoms with Crippen molar-refractivity contribution in [2.24, 2.45) is 0 Å². The zero-order valence-corrected chi connectivity index (χ0v) is 11.9. The molecule has 0 aliphatic rings. The molecule has 0 aliphatic carbocycles. The highest BCUT2D eigenvalue weighted by Crippen LogP contribution is 2.26. The third kappa shape index (κ3) is 4.12. The number of hydrogen-bond donors (Lipinski definition) is 0. The number of aromatic nitrogens is 2. The van der Waals surface area contributed by atoms with E-state index in [4.69, 9.17) is 9.15 Å². The number of rotatable bonds is 8. The molecule has 0 fully saturated rings. The summed E-state index contributed by atoms with van der Waals surface area (Å²) in [6.07, 6.45) is 2.29. The van der Waals surface area contributed by atoms with Gasteiger partial charge in [-0.25, -0.2) is 0 Å². The highest BCUT2D eigenvalue weighted by molar-refractivity contribution is 7.99. The van der Waals surface area contributed by atoms with Crippen molar-refractivity contribution in [3.05, 3.63) is 17.5 Å². The highest BCUT2D eigenvalue weighted by atomic mass is 32.2. The Labute approximate surface area is 115 Å². The first kappa shape index (κ1) is 13.6. The van der Waals surface area contributed by atoms with Gasteiger partial charge >= 0.3 is 0 Å². The topological polar surface area (TPSA) is 48.2 Å². The van der Waals surface area contributed by atoms with Crippen molar-refractivity contribution in [2.45, 2.75) is 25.0 Å². The van der Waals surface area contributed by atoms with Gasteiger partial charge in [0.05, 0.1) is 11.5 Å². The van der Waals surface area contributed by atoms with Gasteiger partial charge in [-0.3, -0.25) is 0 Å². The predicted molar refractivity (Wildman–Crippen MR) is 74.1 cm³/mol. The minimum absolute atomic E-state index is 0.597. The van der Waals surface area contributed by atoms with Gasteiger partial charge < -0.3 is 9.15 Å². The van der Waals surface area contributed by atoms with Gasteiger partial charge in [0.1, 0.15) is 0 Å². The van der Waals surface area contributed by atoms with Crippen LogP contribution in [0.4, 0.5) is 0 Å². The Morgan fingerprint density at radius 1 is 1.39 bits per heavy atom. The summed E-state index contributed by atoms with van der Waals surface area (Å²) >= 11 is 3.13. The minimum Gasteiger partial charge on any atom is -0.410 e. The summed E-state index contributed by atoms with van der Waals surface area (Å²) < 4.78 is 11.0. The van der Waals surface area contributed by atoms with E-state index in [0.717, 1.165) is 30.3 Å². The molecule has 2 aromatic rings. The Morgan fingerprint density at radius 3 is 3.11 bits per heavy atom. The van der Waals surface area contributed by atoms with Crippen LogP contribution in [0.15, 0.2) is 27.2 Å². The van der Waals surface area contributed by atoms with Crippen molar-refractivity contribution >= 4 is 23.1 Å². The monoisotopic (exact) mass is 284 g/mol. The summed E-state index contributed by atoms with van der Waals surface area (Å²) in [7, 11) is 0. The first-order chi connectivity index (χ1) is 8.90. The molecule has 4 nitrogen and oxygen atoms in total. The van der Waals surface area contributed by atoms with Crippen LogP contribution in [0.1, 0.15) is 19.8 Å². The van der Waals surface area contributed by atoms with Crippen molar-refractivity contribution in [3.63, 3.8) is 0 Å². The Hall–Kier alpha value is -0.850. The highest BCUT2D eigenvalue weighted by Gasteiger charge is 2.09. The van der Waals surface area contributed by atoms with Crippen LogP contribution in [0.3, 0.4) is 0 Å². The molecule has 0 saturated heterocycles. The largest absolute Gasteiger partial charge is 0.410 e. The molecule has 0 saturated carbocycles. The van der Waals surface area contributed by atoms with E-state index < -0.39 is 0 Å². The van der Waals surface area contributed by atoms with Crippen molar-refractivity contribution in [2.75, 3.05) is 19.0 Å². The summed E-state index contributed by atoms with van der Waals surface area (Å²) in [5.41, 5.74) is 0. The third-order valence-electron chi connectivity index (χ3n) is 2.23. The van der Waals surface area contributed by atoms with Gasteiger partial charge in [0, 0.05) is 12.4 Å². The molecule has 2 heterocycles. The Balaban J connectivity index is 1.71. The van der Waals surface area contributed by atoms with Crippen LogP contribution in [0.2, 0.25) is 0 Å². The molecule has 0 radical (unpaired) electrons. The summed E-state index contributed by atoms with van der Waals surface area (Å²) in [6, 6.07) is 3.94. The van der Waals surface area contributed by atoms with Crippen LogP contribution in [0, 0.1) is 0 Å². The molecular formula is C12H16N2O2S2. The van der Waals surface area contributed by atoms with Gasteiger partial charge in [0.2, 0.25) is 0 Å². The molecule has 0 amide bonds. The van der Waals surface area contributed by atoms with E-state index in [2.05, 4.69) is 17.1 Å². The molecule has 2 rings (SSSR count). The maximum atomic E-state index is 5.55. The summed E-state index contributed by atoms with van der Waals surface area (Å²) in [5.74, 6) is 1.44. The van der Waals surface area contributed by atoms with Gasteiger partial charge in [-0.15, -0.1) is 21.5 Å². The fourth-order valence-electron chi connectivity index (χ4n) is 1.30. The van der Waals surface area contributed by atoms with E-state index in [1.165, 1.54) is 18.2 Å². The van der Waals surface area contributed by atoms with Crippen molar-refractivity contribution < 1.29 is 9.15 Å². The lowest BCUT2D eigenvalue weighted by atomic mass is 10.4. The van der Waals surface area contributed by atoms with E-state index in [9.17, 15) is 0 Å². The average molecular weight is 284 g/mol. The Kier molecular flexibility index (Phi) is 5.70. The second-order valence-electron chi connectivity index (χ2n) is 3.66. The standard InChI is InChI=1S/C12H16N2O2S2/c1-2-3-6-15-7-9-18-12-14-13-11(16-12)10-5-4-8-17-10/h4-5,8H,2-3,6-7,9H2,1H3. The molecular weight excluding hydrogens is 268 g/mol. The number of hydrogen-bond acceptors (Lipinski definition) is 6. The first-order valence-corrected chi connectivity index (χ1v) is 7.84. The van der Waals surface area contributed by atoms with Crippen LogP contribution < -0.4 is 0 Å². The van der Waals surface area contributed by atoms with Crippen LogP contribution in [0.25, 0.3) is 10.8 Å². The van der Waals surface area contributed by atoms with E-state index in [1.807, 2.05) is 17.5 Å². The summed E-state index contributed by atoms with van der Waals surface area (Å²) in [6.45, 7) is 3.71. The van der Waals surface area contributed by atoms with E-state index >= 15 is 0 Å². The molecule has 6 heteroatoms. The quantitative estimate of drug-likeness (QED) is 0.546. The molecule has 0 unspecified atom stereocenters. The average Bonchev–Trinajstić information content (AvgIpc) is 3.03. The SMILES string of the molecule is CCCCOCCSc1nnc(-c2cccs2)o1. The number of unbranched alkanes of at least 4 members (excludes halogenated alkanes) is 1. The van der Waals surface area contributed by atoms with Crippen molar-refractivity contribution in [1.82, 2.24) is 10.2 Å². The predicted octanol–water partition coefficient (Wildman–Crippen LogP) is 3.71. The van der Waals surface area contributed by atoms with E-state index in [1.54, 1.807) is 11.3 Å². The Morgan fingerprint density at radius 2 is 2.33 bits per heavy atom. The Bertz CT molecular complexity index is 443. The number of thioether (sulfide) groups is 1. The summed E-state index contributed by atoms with van der Waals surface area (Å²) in [4.78, 5) is 1.01. The second kappa shape index (κ2) is 7.56. The van der Waals surface area contributed by atoms with Gasteiger partial charge in [0.15, 0.2) is 0 Å². The molecule has 0 N–H and O–H groups in total. The van der Waals surface area contributed by atoms with E-state index in [-0.39, 0.29) is 0 Å². The van der Waals surface area contributed by atoms with Crippen LogP contribution in [0.5, 0.6) is 0 Å². The second-order valence-corrected chi connectivity index (χ2v) is 5.66. The van der Waals surface area contributed by atoms with Gasteiger partial charge in [-0.05, 0) is 17.9 Å². The lowest BCUT2D eigenvalue weighted by molar-refractivity contribution is 0.147. The smallest absolute Gasteiger partial charge is 0.276 e. The molecule has 0 aliphatic heterocycles. The fourth-order valence-corrected chi connectivity index (χ4v) is 2.56. The van der Waals surface area contributed by atoms with Crippen LogP contribution >= 0.6 is 23.1 Å². The number of nitrogens with zero attached hydrogens (tertiary/aromatic N) is 2. The first-order valence-electron chi connectivity index (χ1n) is 5.98.